The zero-order valence-corrected chi connectivity index (χ0v) is 13.2. The molecule has 6 heteroatoms. The summed E-state index contributed by atoms with van der Waals surface area (Å²) in [7, 11) is 0. The molecule has 0 aromatic carbocycles. The average molecular weight is 310 g/mol. The minimum Gasteiger partial charge on any atom is -0.393 e. The second-order valence-corrected chi connectivity index (χ2v) is 6.68. The number of nitrogens with one attached hydrogen (secondary N) is 1. The van der Waals surface area contributed by atoms with Crippen molar-refractivity contribution in [2.45, 2.75) is 38.8 Å². The molecule has 0 saturated carbocycles. The number of piperidine rings is 1. The monoisotopic (exact) mass is 310 g/mol. The summed E-state index contributed by atoms with van der Waals surface area (Å²) in [5.74, 6) is -0.232. The van der Waals surface area contributed by atoms with Crippen LogP contribution in [0.25, 0.3) is 0 Å². The molecule has 5 nitrogen and oxygen atoms in total. The molecule has 2 N–H and O–H groups in total. The van der Waals surface area contributed by atoms with Gasteiger partial charge in [0.2, 0.25) is 5.91 Å². The van der Waals surface area contributed by atoms with Crippen molar-refractivity contribution in [2.24, 2.45) is 5.92 Å². The van der Waals surface area contributed by atoms with E-state index in [0.717, 1.165) is 0 Å². The van der Waals surface area contributed by atoms with Gasteiger partial charge in [-0.1, -0.05) is 19.9 Å². The van der Waals surface area contributed by atoms with Gasteiger partial charge in [0, 0.05) is 13.1 Å². The number of rotatable bonds is 4. The average Bonchev–Trinajstić information content (AvgIpc) is 2.98. The van der Waals surface area contributed by atoms with Crippen molar-refractivity contribution in [1.29, 1.82) is 0 Å². The van der Waals surface area contributed by atoms with Crippen LogP contribution in [0.3, 0.4) is 0 Å². The van der Waals surface area contributed by atoms with Gasteiger partial charge in [-0.3, -0.25) is 9.59 Å². The first kappa shape index (κ1) is 16.0. The molecule has 1 aliphatic rings. The maximum absolute atomic E-state index is 12.6. The molecule has 0 radical (unpaired) electrons. The second-order valence-electron chi connectivity index (χ2n) is 5.73. The van der Waals surface area contributed by atoms with Crippen molar-refractivity contribution in [3.8, 4) is 0 Å². The van der Waals surface area contributed by atoms with Gasteiger partial charge in [-0.05, 0) is 30.2 Å². The fourth-order valence-electron chi connectivity index (χ4n) is 2.42. The largest absolute Gasteiger partial charge is 0.393 e. The molecule has 1 unspecified atom stereocenters. The van der Waals surface area contributed by atoms with Gasteiger partial charge in [0.15, 0.2) is 0 Å². The van der Waals surface area contributed by atoms with Gasteiger partial charge in [0.25, 0.3) is 5.91 Å². The molecule has 0 aliphatic carbocycles. The number of aliphatic hydroxyl groups excluding tert-OH is 1. The highest BCUT2D eigenvalue weighted by Gasteiger charge is 2.31. The quantitative estimate of drug-likeness (QED) is 0.885. The first-order chi connectivity index (χ1) is 9.99. The predicted molar refractivity (Wildman–Crippen MR) is 82.2 cm³/mol. The molecular weight excluding hydrogens is 288 g/mol. The van der Waals surface area contributed by atoms with Crippen molar-refractivity contribution in [2.75, 3.05) is 13.1 Å². The molecule has 1 aliphatic heterocycles. The van der Waals surface area contributed by atoms with Gasteiger partial charge >= 0.3 is 0 Å². The summed E-state index contributed by atoms with van der Waals surface area (Å²) in [6.45, 7) is 4.96. The zero-order valence-electron chi connectivity index (χ0n) is 12.4. The second kappa shape index (κ2) is 7.04. The highest BCUT2D eigenvalue weighted by atomic mass is 32.1. The van der Waals surface area contributed by atoms with E-state index in [-0.39, 0.29) is 23.8 Å². The Morgan fingerprint density at radius 2 is 2.05 bits per heavy atom. The fraction of sp³-hybridized carbons (Fsp3) is 0.600. The van der Waals surface area contributed by atoms with E-state index in [9.17, 15) is 14.7 Å². The van der Waals surface area contributed by atoms with Crippen LogP contribution in [-0.4, -0.2) is 47.1 Å². The molecule has 1 saturated heterocycles. The Labute approximate surface area is 129 Å². The molecular formula is C15H22N2O3S. The first-order valence-electron chi connectivity index (χ1n) is 7.30. The van der Waals surface area contributed by atoms with Crippen LogP contribution in [0.4, 0.5) is 0 Å². The summed E-state index contributed by atoms with van der Waals surface area (Å²) in [6, 6.07) is 3.05. The van der Waals surface area contributed by atoms with Crippen molar-refractivity contribution in [3.05, 3.63) is 22.4 Å². The number of amides is 2. The zero-order chi connectivity index (χ0) is 15.4. The lowest BCUT2D eigenvalue weighted by molar-refractivity contribution is -0.136. The topological polar surface area (TPSA) is 69.6 Å². The van der Waals surface area contributed by atoms with Crippen LogP contribution >= 0.6 is 11.3 Å². The first-order valence-corrected chi connectivity index (χ1v) is 8.18. The third-order valence-electron chi connectivity index (χ3n) is 3.74. The Kier molecular flexibility index (Phi) is 5.36. The predicted octanol–water partition coefficient (Wildman–Crippen LogP) is 1.49. The number of thiophene rings is 1. The number of hydrogen-bond donors (Lipinski definition) is 2. The normalized spacial score (nSPS) is 17.8. The highest BCUT2D eigenvalue weighted by molar-refractivity contribution is 7.12. The van der Waals surface area contributed by atoms with E-state index >= 15 is 0 Å². The maximum Gasteiger partial charge on any atom is 0.262 e. The van der Waals surface area contributed by atoms with E-state index in [0.29, 0.717) is 30.8 Å². The number of carbonyl (C=O) groups excluding carboxylic acids is 2. The molecule has 1 fully saturated rings. The minimum absolute atomic E-state index is 0.0215. The molecule has 1 atom stereocenters. The van der Waals surface area contributed by atoms with Crippen LogP contribution in [-0.2, 0) is 4.79 Å². The van der Waals surface area contributed by atoms with Gasteiger partial charge < -0.3 is 15.3 Å². The SMILES string of the molecule is CC(C)C(NC(=O)c1cccs1)C(=O)N1CCC(O)CC1. The van der Waals surface area contributed by atoms with E-state index in [2.05, 4.69) is 5.32 Å². The van der Waals surface area contributed by atoms with Crippen molar-refractivity contribution >= 4 is 23.2 Å². The standard InChI is InChI=1S/C15H22N2O3S/c1-10(2)13(16-14(19)12-4-3-9-21-12)15(20)17-7-5-11(18)6-8-17/h3-4,9-11,13,18H,5-8H2,1-2H3,(H,16,19). The van der Waals surface area contributed by atoms with E-state index in [1.807, 2.05) is 25.3 Å². The molecule has 116 valence electrons. The van der Waals surface area contributed by atoms with Crippen molar-refractivity contribution < 1.29 is 14.7 Å². The summed E-state index contributed by atoms with van der Waals surface area (Å²) in [5.41, 5.74) is 0. The molecule has 2 rings (SSSR count). The highest BCUT2D eigenvalue weighted by Crippen LogP contribution is 2.15. The summed E-state index contributed by atoms with van der Waals surface area (Å²) < 4.78 is 0. The molecule has 2 amide bonds. The third kappa shape index (κ3) is 4.04. The van der Waals surface area contributed by atoms with E-state index in [4.69, 9.17) is 0 Å². The lowest BCUT2D eigenvalue weighted by Gasteiger charge is -2.33. The van der Waals surface area contributed by atoms with Gasteiger partial charge in [-0.2, -0.15) is 0 Å². The Morgan fingerprint density at radius 3 is 2.57 bits per heavy atom. The number of hydrogen-bond acceptors (Lipinski definition) is 4. The van der Waals surface area contributed by atoms with Gasteiger partial charge in [-0.25, -0.2) is 0 Å². The van der Waals surface area contributed by atoms with E-state index < -0.39 is 6.04 Å². The van der Waals surface area contributed by atoms with Crippen LogP contribution in [0.1, 0.15) is 36.4 Å². The number of carbonyl (C=O) groups is 2. The van der Waals surface area contributed by atoms with Crippen LogP contribution in [0.5, 0.6) is 0 Å². The van der Waals surface area contributed by atoms with Crippen LogP contribution in [0.2, 0.25) is 0 Å². The lowest BCUT2D eigenvalue weighted by atomic mass is 10.0. The van der Waals surface area contributed by atoms with Crippen LogP contribution in [0, 0.1) is 5.92 Å². The lowest BCUT2D eigenvalue weighted by Crippen LogP contribution is -2.53. The Balaban J connectivity index is 2.01. The third-order valence-corrected chi connectivity index (χ3v) is 4.61. The van der Waals surface area contributed by atoms with Crippen molar-refractivity contribution in [1.82, 2.24) is 10.2 Å². The summed E-state index contributed by atoms with van der Waals surface area (Å²) in [5, 5.41) is 14.2. The Bertz CT molecular complexity index is 479. The summed E-state index contributed by atoms with van der Waals surface area (Å²) in [6.07, 6.45) is 0.900. The van der Waals surface area contributed by atoms with Crippen LogP contribution in [0.15, 0.2) is 17.5 Å². The number of nitrogens with zero attached hydrogens (tertiary/aromatic N) is 1. The molecule has 0 spiro atoms. The van der Waals surface area contributed by atoms with Gasteiger partial charge in [0.05, 0.1) is 11.0 Å². The molecule has 1 aromatic rings. The Hall–Kier alpha value is -1.40. The van der Waals surface area contributed by atoms with Gasteiger partial charge in [-0.15, -0.1) is 11.3 Å². The fourth-order valence-corrected chi connectivity index (χ4v) is 3.04. The summed E-state index contributed by atoms with van der Waals surface area (Å²) in [4.78, 5) is 27.1. The molecule has 1 aromatic heterocycles. The molecule has 0 bridgehead atoms. The van der Waals surface area contributed by atoms with E-state index in [1.54, 1.807) is 11.0 Å². The van der Waals surface area contributed by atoms with E-state index in [1.165, 1.54) is 11.3 Å². The summed E-state index contributed by atoms with van der Waals surface area (Å²) >= 11 is 1.36. The maximum atomic E-state index is 12.6. The molecule has 2 heterocycles. The number of likely N-dealkylation sites (tertiary alicyclic amines) is 1. The van der Waals surface area contributed by atoms with Crippen LogP contribution < -0.4 is 5.32 Å². The van der Waals surface area contributed by atoms with Gasteiger partial charge in [0.1, 0.15) is 6.04 Å². The smallest absolute Gasteiger partial charge is 0.262 e. The Morgan fingerprint density at radius 1 is 1.38 bits per heavy atom. The van der Waals surface area contributed by atoms with Crippen molar-refractivity contribution in [3.63, 3.8) is 0 Å². The molecule has 21 heavy (non-hydrogen) atoms. The minimum atomic E-state index is -0.519. The number of aliphatic hydroxyl groups is 1.